The summed E-state index contributed by atoms with van der Waals surface area (Å²) in [5, 5.41) is 31.5. The molecule has 31 heavy (non-hydrogen) atoms. The molecule has 4 aliphatic rings. The Bertz CT molecular complexity index is 790. The zero-order valence-electron chi connectivity index (χ0n) is 20.4. The van der Waals surface area contributed by atoms with Crippen molar-refractivity contribution in [2.24, 2.45) is 46.3 Å². The first kappa shape index (κ1) is 23.3. The molecule has 0 aromatic carbocycles. The third-order valence-electron chi connectivity index (χ3n) is 10.2. The summed E-state index contributed by atoms with van der Waals surface area (Å²) >= 11 is 0. The lowest BCUT2D eigenvalue weighted by Gasteiger charge is -2.57. The molecule has 0 spiro atoms. The molecule has 3 heteroatoms. The standard InChI is InChI=1S/C28H44O3/c1-17(2)18(3)7-8-19(4)22-11-12-23-21-10-9-20-15-28(30,31)16-25(29)27(20,6)24(21)13-14-26(22,23)5/h7-10,17-19,22-25,29-31H,11-16H2,1-6H3/t18-,19+,22+,23-,24+,25-,26+,27+/m0/s1. The molecule has 0 aromatic rings. The summed E-state index contributed by atoms with van der Waals surface area (Å²) in [6.45, 7) is 14.0. The van der Waals surface area contributed by atoms with E-state index in [9.17, 15) is 15.3 Å². The highest BCUT2D eigenvalue weighted by Gasteiger charge is 2.60. The van der Waals surface area contributed by atoms with Gasteiger partial charge in [-0.05, 0) is 66.6 Å². The molecule has 0 radical (unpaired) electrons. The minimum Gasteiger partial charge on any atom is -0.392 e. The minimum atomic E-state index is -1.79. The van der Waals surface area contributed by atoms with Crippen LogP contribution in [0.15, 0.2) is 35.5 Å². The zero-order valence-corrected chi connectivity index (χ0v) is 20.4. The molecule has 4 aliphatic carbocycles. The molecule has 0 heterocycles. The average Bonchev–Trinajstić information content (AvgIpc) is 3.03. The van der Waals surface area contributed by atoms with Crippen molar-refractivity contribution >= 4 is 0 Å². The molecule has 174 valence electrons. The van der Waals surface area contributed by atoms with E-state index in [1.165, 1.54) is 24.8 Å². The highest BCUT2D eigenvalue weighted by Crippen LogP contribution is 2.66. The van der Waals surface area contributed by atoms with Gasteiger partial charge in [0.15, 0.2) is 5.79 Å². The number of aliphatic hydroxyl groups is 3. The molecular weight excluding hydrogens is 384 g/mol. The average molecular weight is 429 g/mol. The van der Waals surface area contributed by atoms with E-state index in [0.717, 1.165) is 12.0 Å². The van der Waals surface area contributed by atoms with Crippen molar-refractivity contribution in [3.05, 3.63) is 35.5 Å². The monoisotopic (exact) mass is 428 g/mol. The Labute approximate surface area is 189 Å². The molecule has 0 bridgehead atoms. The van der Waals surface area contributed by atoms with Gasteiger partial charge in [-0.3, -0.25) is 0 Å². The van der Waals surface area contributed by atoms with Gasteiger partial charge in [-0.1, -0.05) is 77.0 Å². The predicted molar refractivity (Wildman–Crippen MR) is 126 cm³/mol. The largest absolute Gasteiger partial charge is 0.392 e. The molecule has 0 aromatic heterocycles. The van der Waals surface area contributed by atoms with Gasteiger partial charge in [0.2, 0.25) is 0 Å². The van der Waals surface area contributed by atoms with Gasteiger partial charge in [0.25, 0.3) is 0 Å². The van der Waals surface area contributed by atoms with Crippen molar-refractivity contribution in [2.75, 3.05) is 0 Å². The first-order valence-electron chi connectivity index (χ1n) is 12.6. The molecule has 0 aliphatic heterocycles. The number of rotatable bonds is 4. The van der Waals surface area contributed by atoms with Crippen molar-refractivity contribution in [1.82, 2.24) is 0 Å². The lowest BCUT2D eigenvalue weighted by molar-refractivity contribution is -0.211. The van der Waals surface area contributed by atoms with Gasteiger partial charge in [0.05, 0.1) is 6.10 Å². The van der Waals surface area contributed by atoms with Crippen LogP contribution in [0.2, 0.25) is 0 Å². The van der Waals surface area contributed by atoms with Gasteiger partial charge in [0.1, 0.15) is 0 Å². The van der Waals surface area contributed by atoms with E-state index in [4.69, 9.17) is 0 Å². The molecule has 3 saturated carbocycles. The fourth-order valence-electron chi connectivity index (χ4n) is 7.68. The Hall–Kier alpha value is -0.900. The van der Waals surface area contributed by atoms with E-state index in [0.29, 0.717) is 40.9 Å². The molecule has 8 atom stereocenters. The minimum absolute atomic E-state index is 0.0467. The van der Waals surface area contributed by atoms with Crippen LogP contribution in [-0.4, -0.2) is 27.2 Å². The van der Waals surface area contributed by atoms with Crippen molar-refractivity contribution in [3.8, 4) is 0 Å². The van der Waals surface area contributed by atoms with E-state index >= 15 is 0 Å². The Morgan fingerprint density at radius 1 is 0.968 bits per heavy atom. The van der Waals surface area contributed by atoms with Crippen molar-refractivity contribution in [3.63, 3.8) is 0 Å². The number of allylic oxidation sites excluding steroid dienone is 5. The van der Waals surface area contributed by atoms with Crippen LogP contribution in [0, 0.1) is 46.3 Å². The second kappa shape index (κ2) is 7.85. The maximum atomic E-state index is 11.1. The Morgan fingerprint density at radius 3 is 2.35 bits per heavy atom. The Balaban J connectivity index is 1.60. The second-order valence-electron chi connectivity index (χ2n) is 12.2. The van der Waals surface area contributed by atoms with Crippen molar-refractivity contribution in [2.45, 2.75) is 92.0 Å². The third kappa shape index (κ3) is 3.69. The first-order valence-corrected chi connectivity index (χ1v) is 12.6. The van der Waals surface area contributed by atoms with Gasteiger partial charge in [-0.2, -0.15) is 0 Å². The number of hydrogen-bond donors (Lipinski definition) is 3. The fourth-order valence-corrected chi connectivity index (χ4v) is 7.68. The van der Waals surface area contributed by atoms with Gasteiger partial charge < -0.3 is 15.3 Å². The number of aliphatic hydroxyl groups excluding tert-OH is 1. The highest BCUT2D eigenvalue weighted by atomic mass is 16.5. The van der Waals surface area contributed by atoms with Crippen LogP contribution in [0.5, 0.6) is 0 Å². The van der Waals surface area contributed by atoms with Crippen LogP contribution in [0.4, 0.5) is 0 Å². The van der Waals surface area contributed by atoms with Crippen LogP contribution >= 0.6 is 0 Å². The lowest BCUT2D eigenvalue weighted by Crippen LogP contribution is -2.55. The molecule has 0 saturated heterocycles. The summed E-state index contributed by atoms with van der Waals surface area (Å²) in [4.78, 5) is 0. The fraction of sp³-hybridized carbons (Fsp3) is 0.786. The van der Waals surface area contributed by atoms with E-state index in [1.807, 2.05) is 0 Å². The molecule has 0 unspecified atom stereocenters. The molecular formula is C28H44O3. The molecule has 4 rings (SSSR count). The number of fused-ring (bicyclic) bond motifs is 5. The summed E-state index contributed by atoms with van der Waals surface area (Å²) in [6, 6.07) is 0. The Morgan fingerprint density at radius 2 is 1.68 bits per heavy atom. The van der Waals surface area contributed by atoms with Crippen LogP contribution in [-0.2, 0) is 0 Å². The van der Waals surface area contributed by atoms with Crippen LogP contribution in [0.1, 0.15) is 80.1 Å². The van der Waals surface area contributed by atoms with E-state index in [1.54, 1.807) is 0 Å². The summed E-state index contributed by atoms with van der Waals surface area (Å²) in [6.07, 6.45) is 13.7. The van der Waals surface area contributed by atoms with E-state index < -0.39 is 11.9 Å². The molecule has 3 nitrogen and oxygen atoms in total. The van der Waals surface area contributed by atoms with Crippen LogP contribution in [0.25, 0.3) is 0 Å². The summed E-state index contributed by atoms with van der Waals surface area (Å²) in [7, 11) is 0. The maximum absolute atomic E-state index is 11.1. The van der Waals surface area contributed by atoms with Crippen molar-refractivity contribution < 1.29 is 15.3 Å². The second-order valence-corrected chi connectivity index (χ2v) is 12.2. The topological polar surface area (TPSA) is 60.7 Å². The third-order valence-corrected chi connectivity index (χ3v) is 10.2. The zero-order chi connectivity index (χ0) is 22.8. The molecule has 0 amide bonds. The summed E-state index contributed by atoms with van der Waals surface area (Å²) < 4.78 is 0. The smallest absolute Gasteiger partial charge is 0.168 e. The van der Waals surface area contributed by atoms with Gasteiger partial charge >= 0.3 is 0 Å². The normalized spacial score (nSPS) is 43.7. The van der Waals surface area contributed by atoms with Crippen LogP contribution < -0.4 is 0 Å². The first-order chi connectivity index (χ1) is 14.4. The Kier molecular flexibility index (Phi) is 5.89. The number of hydrogen-bond acceptors (Lipinski definition) is 3. The lowest BCUT2D eigenvalue weighted by atomic mass is 9.49. The van der Waals surface area contributed by atoms with Gasteiger partial charge in [-0.15, -0.1) is 0 Å². The molecule has 3 N–H and O–H groups in total. The summed E-state index contributed by atoms with van der Waals surface area (Å²) in [5.74, 6) is 1.69. The predicted octanol–water partition coefficient (Wildman–Crippen LogP) is 5.62. The van der Waals surface area contributed by atoms with E-state index in [2.05, 4.69) is 65.8 Å². The highest BCUT2D eigenvalue weighted by molar-refractivity contribution is 5.40. The molecule has 3 fully saturated rings. The van der Waals surface area contributed by atoms with Crippen LogP contribution in [0.3, 0.4) is 0 Å². The van der Waals surface area contributed by atoms with Gasteiger partial charge in [-0.25, -0.2) is 0 Å². The summed E-state index contributed by atoms with van der Waals surface area (Å²) in [5.41, 5.74) is 2.49. The maximum Gasteiger partial charge on any atom is 0.168 e. The van der Waals surface area contributed by atoms with Crippen molar-refractivity contribution in [1.29, 1.82) is 0 Å². The quantitative estimate of drug-likeness (QED) is 0.402. The SMILES string of the molecule is CC(C)[C@@H](C)C=C[C@@H](C)[C@H]1CC[C@H]2C3=CC=C4CC(O)(O)C[C@H](O)[C@@]4(C)[C@@H]3CC[C@]12C. The van der Waals surface area contributed by atoms with E-state index in [-0.39, 0.29) is 18.3 Å². The van der Waals surface area contributed by atoms with Gasteiger partial charge in [0, 0.05) is 18.3 Å².